The molecule has 0 aliphatic heterocycles. The van der Waals surface area contributed by atoms with Crippen molar-refractivity contribution in [2.24, 2.45) is 0 Å². The summed E-state index contributed by atoms with van der Waals surface area (Å²) >= 11 is 0. The van der Waals surface area contributed by atoms with Crippen LogP contribution >= 0.6 is 0 Å². The van der Waals surface area contributed by atoms with Crippen molar-refractivity contribution in [3.8, 4) is 22.5 Å². The van der Waals surface area contributed by atoms with Crippen LogP contribution in [0.1, 0.15) is 0 Å². The molecule has 1 heterocycles. The number of benzene rings is 2. The molecule has 0 aliphatic carbocycles. The van der Waals surface area contributed by atoms with Crippen molar-refractivity contribution in [2.75, 3.05) is 0 Å². The first-order valence-corrected chi connectivity index (χ1v) is 5.54. The van der Waals surface area contributed by atoms with E-state index >= 15 is 0 Å². The lowest BCUT2D eigenvalue weighted by Gasteiger charge is -1.94. The van der Waals surface area contributed by atoms with Gasteiger partial charge in [0.2, 0.25) is 0 Å². The van der Waals surface area contributed by atoms with Crippen molar-refractivity contribution in [1.29, 1.82) is 0 Å². The predicted molar refractivity (Wildman–Crippen MR) is 68.4 cm³/mol. The molecule has 0 unspecified atom stereocenters. The van der Waals surface area contributed by atoms with Gasteiger partial charge in [0.15, 0.2) is 0 Å². The highest BCUT2D eigenvalue weighted by molar-refractivity contribution is 5.69. The van der Waals surface area contributed by atoms with Crippen LogP contribution in [0, 0.1) is 6.07 Å². The van der Waals surface area contributed by atoms with Crippen LogP contribution in [0.5, 0.6) is 0 Å². The molecule has 1 heteroatoms. The van der Waals surface area contributed by atoms with E-state index in [2.05, 4.69) is 24.3 Å². The number of rotatable bonds is 2. The van der Waals surface area contributed by atoms with E-state index in [1.165, 1.54) is 5.56 Å². The van der Waals surface area contributed by atoms with Gasteiger partial charge in [-0.3, -0.25) is 0 Å². The Balaban J connectivity index is 1.99. The van der Waals surface area contributed by atoms with Crippen molar-refractivity contribution in [3.05, 3.63) is 73.0 Å². The predicted octanol–water partition coefficient (Wildman–Crippen LogP) is 4.41. The van der Waals surface area contributed by atoms with Crippen molar-refractivity contribution >= 4 is 0 Å². The quantitative estimate of drug-likeness (QED) is 0.622. The van der Waals surface area contributed by atoms with Crippen LogP contribution in [0.15, 0.2) is 71.3 Å². The van der Waals surface area contributed by atoms with Gasteiger partial charge in [-0.05, 0) is 17.7 Å². The van der Waals surface area contributed by atoms with Gasteiger partial charge in [0.25, 0.3) is 0 Å². The van der Waals surface area contributed by atoms with Crippen LogP contribution in [0.25, 0.3) is 22.5 Å². The molecule has 3 aromatic rings. The molecule has 2 aromatic carbocycles. The number of furan rings is 1. The summed E-state index contributed by atoms with van der Waals surface area (Å²) in [5.74, 6) is 0.887. The van der Waals surface area contributed by atoms with Crippen LogP contribution in [0.2, 0.25) is 0 Å². The zero-order chi connectivity index (χ0) is 11.5. The van der Waals surface area contributed by atoms with Crippen molar-refractivity contribution in [2.45, 2.75) is 0 Å². The molecule has 0 saturated carbocycles. The molecule has 0 amide bonds. The molecule has 0 fully saturated rings. The van der Waals surface area contributed by atoms with Gasteiger partial charge in [0.05, 0.1) is 6.26 Å². The number of hydrogen-bond donors (Lipinski definition) is 0. The Kier molecular flexibility index (Phi) is 2.51. The van der Waals surface area contributed by atoms with E-state index < -0.39 is 0 Å². The lowest BCUT2D eigenvalue weighted by molar-refractivity contribution is 0.583. The molecule has 0 spiro atoms. The fourth-order valence-corrected chi connectivity index (χ4v) is 1.82. The maximum Gasteiger partial charge on any atom is 0.134 e. The summed E-state index contributed by atoms with van der Waals surface area (Å²) in [6.07, 6.45) is 1.79. The average molecular weight is 219 g/mol. The van der Waals surface area contributed by atoms with Crippen LogP contribution < -0.4 is 0 Å². The Morgan fingerprint density at radius 3 is 2.29 bits per heavy atom. The average Bonchev–Trinajstić information content (AvgIpc) is 2.90. The highest BCUT2D eigenvalue weighted by Crippen LogP contribution is 2.27. The van der Waals surface area contributed by atoms with Gasteiger partial charge >= 0.3 is 0 Å². The van der Waals surface area contributed by atoms with Crippen LogP contribution in [-0.4, -0.2) is 0 Å². The standard InChI is InChI=1S/C16H11O/c1-3-7-13(8-4-1)15-11-16(17-12-15)14-9-5-2-6-10-14/h1,3-12H. The smallest absolute Gasteiger partial charge is 0.134 e. The molecule has 1 radical (unpaired) electrons. The van der Waals surface area contributed by atoms with Crippen molar-refractivity contribution in [1.82, 2.24) is 0 Å². The topological polar surface area (TPSA) is 13.1 Å². The summed E-state index contributed by atoms with van der Waals surface area (Å²) < 4.78 is 5.59. The Labute approximate surface area is 100 Å². The fraction of sp³-hybridized carbons (Fsp3) is 0. The van der Waals surface area contributed by atoms with Crippen LogP contribution in [0.4, 0.5) is 0 Å². The second kappa shape index (κ2) is 4.30. The highest BCUT2D eigenvalue weighted by Gasteiger charge is 2.05. The Morgan fingerprint density at radius 1 is 0.765 bits per heavy atom. The summed E-state index contributed by atoms with van der Waals surface area (Å²) in [7, 11) is 0. The molecule has 0 N–H and O–H groups in total. The number of hydrogen-bond acceptors (Lipinski definition) is 1. The molecule has 3 rings (SSSR count). The van der Waals surface area contributed by atoms with Gasteiger partial charge in [-0.15, -0.1) is 0 Å². The summed E-state index contributed by atoms with van der Waals surface area (Å²) in [6, 6.07) is 23.0. The summed E-state index contributed by atoms with van der Waals surface area (Å²) in [4.78, 5) is 0. The van der Waals surface area contributed by atoms with Crippen LogP contribution in [-0.2, 0) is 0 Å². The maximum atomic E-state index is 5.59. The first-order valence-electron chi connectivity index (χ1n) is 5.54. The molecule has 17 heavy (non-hydrogen) atoms. The second-order valence-electron chi connectivity index (χ2n) is 3.85. The third kappa shape index (κ3) is 2.00. The van der Waals surface area contributed by atoms with E-state index in [4.69, 9.17) is 4.42 Å². The minimum absolute atomic E-state index is 0.887. The minimum atomic E-state index is 0.887. The highest BCUT2D eigenvalue weighted by atomic mass is 16.3. The zero-order valence-corrected chi connectivity index (χ0v) is 9.26. The van der Waals surface area contributed by atoms with Gasteiger partial charge in [0.1, 0.15) is 5.76 Å². The molecule has 1 aromatic heterocycles. The van der Waals surface area contributed by atoms with Gasteiger partial charge < -0.3 is 4.42 Å². The molecule has 0 saturated heterocycles. The molecule has 0 atom stereocenters. The van der Waals surface area contributed by atoms with E-state index in [1.54, 1.807) is 6.26 Å². The molecule has 0 bridgehead atoms. The minimum Gasteiger partial charge on any atom is -0.464 e. The Bertz CT molecular complexity index is 540. The third-order valence-electron chi connectivity index (χ3n) is 2.71. The Morgan fingerprint density at radius 2 is 1.53 bits per heavy atom. The van der Waals surface area contributed by atoms with E-state index in [9.17, 15) is 0 Å². The molecular formula is C16H11O. The molecule has 1 nitrogen and oxygen atoms in total. The second-order valence-corrected chi connectivity index (χ2v) is 3.85. The first kappa shape index (κ1) is 9.91. The third-order valence-corrected chi connectivity index (χ3v) is 2.71. The summed E-state index contributed by atoms with van der Waals surface area (Å²) in [6.45, 7) is 0. The Hall–Kier alpha value is -2.28. The SMILES string of the molecule is [c]1ccc(-c2cc(-c3ccccc3)co2)cc1. The zero-order valence-electron chi connectivity index (χ0n) is 9.26. The molecule has 0 aliphatic rings. The van der Waals surface area contributed by atoms with E-state index in [0.29, 0.717) is 0 Å². The van der Waals surface area contributed by atoms with E-state index in [0.717, 1.165) is 16.9 Å². The van der Waals surface area contributed by atoms with Gasteiger partial charge in [-0.2, -0.15) is 0 Å². The van der Waals surface area contributed by atoms with Crippen LogP contribution in [0.3, 0.4) is 0 Å². The molecule has 81 valence electrons. The summed E-state index contributed by atoms with van der Waals surface area (Å²) in [5.41, 5.74) is 3.35. The lowest BCUT2D eigenvalue weighted by atomic mass is 10.1. The van der Waals surface area contributed by atoms with E-state index in [-0.39, 0.29) is 0 Å². The van der Waals surface area contributed by atoms with Gasteiger partial charge in [0, 0.05) is 11.1 Å². The van der Waals surface area contributed by atoms with Crippen molar-refractivity contribution < 1.29 is 4.42 Å². The fourth-order valence-electron chi connectivity index (χ4n) is 1.82. The first-order chi connectivity index (χ1) is 8.43. The van der Waals surface area contributed by atoms with Gasteiger partial charge in [-0.25, -0.2) is 0 Å². The lowest BCUT2D eigenvalue weighted by Crippen LogP contribution is -1.72. The monoisotopic (exact) mass is 219 g/mol. The summed E-state index contributed by atoms with van der Waals surface area (Å²) in [5, 5.41) is 0. The van der Waals surface area contributed by atoms with E-state index in [1.807, 2.05) is 42.5 Å². The maximum absolute atomic E-state index is 5.59. The molecular weight excluding hydrogens is 208 g/mol. The van der Waals surface area contributed by atoms with Crippen molar-refractivity contribution in [3.63, 3.8) is 0 Å². The largest absolute Gasteiger partial charge is 0.464 e. The normalized spacial score (nSPS) is 10.4. The van der Waals surface area contributed by atoms with Gasteiger partial charge in [-0.1, -0.05) is 54.6 Å².